The van der Waals surface area contributed by atoms with Crippen molar-refractivity contribution < 1.29 is 18.8 Å². The Labute approximate surface area is 86.2 Å². The summed E-state index contributed by atoms with van der Waals surface area (Å²) in [5.74, 6) is -0.301. The number of amides is 1. The van der Waals surface area contributed by atoms with Gasteiger partial charge in [0.15, 0.2) is 6.04 Å². The lowest BCUT2D eigenvalue weighted by molar-refractivity contribution is -0.766. The van der Waals surface area contributed by atoms with Crippen LogP contribution >= 0.6 is 0 Å². The molecule has 1 heterocycles. The van der Waals surface area contributed by atoms with Gasteiger partial charge in [-0.3, -0.25) is 19.4 Å². The van der Waals surface area contributed by atoms with Gasteiger partial charge in [-0.05, 0) is 4.68 Å². The van der Waals surface area contributed by atoms with Crippen molar-refractivity contribution in [3.05, 3.63) is 5.69 Å². The van der Waals surface area contributed by atoms with Gasteiger partial charge in [-0.15, -0.1) is 0 Å². The van der Waals surface area contributed by atoms with E-state index in [-0.39, 0.29) is 23.6 Å². The van der Waals surface area contributed by atoms with E-state index in [2.05, 4.69) is 10.6 Å². The van der Waals surface area contributed by atoms with Gasteiger partial charge in [0.1, 0.15) is 0 Å². The Kier molecular flexibility index (Phi) is 2.26. The third kappa shape index (κ3) is 1.88. The Morgan fingerprint density at radius 3 is 2.60 bits per heavy atom. The lowest BCUT2D eigenvalue weighted by Gasteiger charge is -1.92. The topological polar surface area (TPSA) is 76.1 Å². The zero-order chi connectivity index (χ0) is 11.0. The average Bonchev–Trinajstić information content (AvgIpc) is 2.87. The molecule has 0 unspecified atom stereocenters. The molecular formula is C9H12N3O3+. The number of ketones is 1. The third-order valence-electron chi connectivity index (χ3n) is 2.18. The van der Waals surface area contributed by atoms with Crippen molar-refractivity contribution in [3.63, 3.8) is 0 Å². The second kappa shape index (κ2) is 3.45. The van der Waals surface area contributed by atoms with E-state index >= 15 is 0 Å². The number of nitrogens with one attached hydrogen (secondary N) is 1. The molecule has 1 aromatic heterocycles. The minimum absolute atomic E-state index is 0.141. The molecule has 0 bridgehead atoms. The fraction of sp³-hybridized carbons (Fsp3) is 0.556. The lowest BCUT2D eigenvalue weighted by atomic mass is 10.3. The molecule has 1 aliphatic carbocycles. The molecule has 15 heavy (non-hydrogen) atoms. The van der Waals surface area contributed by atoms with Crippen LogP contribution in [0.4, 0.5) is 5.88 Å². The molecule has 2 rings (SSSR count). The molecule has 6 heteroatoms. The van der Waals surface area contributed by atoms with Gasteiger partial charge >= 0.3 is 11.6 Å². The molecule has 0 saturated heterocycles. The number of anilines is 1. The zero-order valence-electron chi connectivity index (χ0n) is 8.61. The fourth-order valence-corrected chi connectivity index (χ4v) is 1.40. The summed E-state index contributed by atoms with van der Waals surface area (Å²) in [5.41, 5.74) is 0.340. The van der Waals surface area contributed by atoms with Crippen LogP contribution in [-0.4, -0.2) is 17.0 Å². The molecular weight excluding hydrogens is 198 g/mol. The minimum atomic E-state index is -0.281. The van der Waals surface area contributed by atoms with E-state index in [1.54, 1.807) is 4.68 Å². The number of hydrogen-bond acceptors (Lipinski definition) is 4. The van der Waals surface area contributed by atoms with Crippen LogP contribution in [0.1, 0.15) is 43.2 Å². The number of nitrogens with zero attached hydrogens (tertiary/aromatic N) is 2. The quantitative estimate of drug-likeness (QED) is 0.580. The first-order chi connectivity index (χ1) is 7.09. The molecule has 1 saturated carbocycles. The minimum Gasteiger partial charge on any atom is -0.289 e. The van der Waals surface area contributed by atoms with Gasteiger partial charge in [0.05, 0.1) is 0 Å². The maximum absolute atomic E-state index is 11.4. The van der Waals surface area contributed by atoms with Gasteiger partial charge < -0.3 is 0 Å². The van der Waals surface area contributed by atoms with Gasteiger partial charge in [-0.25, -0.2) is 0 Å². The largest absolute Gasteiger partial charge is 0.340 e. The lowest BCUT2D eigenvalue weighted by Crippen LogP contribution is -2.40. The van der Waals surface area contributed by atoms with Crippen LogP contribution in [0.25, 0.3) is 0 Å². The molecule has 0 radical (unpaired) electrons. The molecule has 80 valence electrons. The van der Waals surface area contributed by atoms with E-state index in [4.69, 9.17) is 4.52 Å². The van der Waals surface area contributed by atoms with E-state index in [1.165, 1.54) is 13.8 Å². The normalized spacial score (nSPS) is 15.1. The van der Waals surface area contributed by atoms with E-state index < -0.39 is 0 Å². The highest BCUT2D eigenvalue weighted by Gasteiger charge is 2.42. The van der Waals surface area contributed by atoms with Gasteiger partial charge in [0, 0.05) is 26.7 Å². The first-order valence-corrected chi connectivity index (χ1v) is 4.79. The maximum Gasteiger partial charge on any atom is 0.340 e. The molecule has 0 spiro atoms. The Bertz CT molecular complexity index is 420. The average molecular weight is 210 g/mol. The van der Waals surface area contributed by atoms with Gasteiger partial charge in [-0.2, -0.15) is 0 Å². The predicted molar refractivity (Wildman–Crippen MR) is 49.3 cm³/mol. The number of rotatable bonds is 3. The van der Waals surface area contributed by atoms with Crippen LogP contribution in [0, 0.1) is 0 Å². The SMILES string of the molecule is CC(=O)Nc1on[n+](C2CC2)c1C(C)=O. The summed E-state index contributed by atoms with van der Waals surface area (Å²) in [4.78, 5) is 22.3. The fourth-order valence-electron chi connectivity index (χ4n) is 1.40. The summed E-state index contributed by atoms with van der Waals surface area (Å²) in [7, 11) is 0. The number of aromatic nitrogens is 2. The summed E-state index contributed by atoms with van der Waals surface area (Å²) in [6, 6.07) is 0.246. The molecule has 1 N–H and O–H groups in total. The number of carbonyl (C=O) groups excluding carboxylic acids is 2. The number of carbonyl (C=O) groups is 2. The van der Waals surface area contributed by atoms with Crippen molar-refractivity contribution in [2.75, 3.05) is 5.32 Å². The van der Waals surface area contributed by atoms with Crippen LogP contribution in [0.2, 0.25) is 0 Å². The van der Waals surface area contributed by atoms with Crippen molar-refractivity contribution in [2.45, 2.75) is 32.7 Å². The van der Waals surface area contributed by atoms with E-state index in [0.717, 1.165) is 12.8 Å². The van der Waals surface area contributed by atoms with Crippen molar-refractivity contribution in [1.82, 2.24) is 5.27 Å². The summed E-state index contributed by atoms with van der Waals surface area (Å²) in [6.07, 6.45) is 1.99. The van der Waals surface area contributed by atoms with Crippen molar-refractivity contribution in [3.8, 4) is 0 Å². The first-order valence-electron chi connectivity index (χ1n) is 4.79. The Balaban J connectivity index is 2.37. The standard InChI is InChI=1S/C9H11N3O3/c1-5(13)8-9(10-6(2)14)15-11-12(8)7-3-4-7/h7H,3-4H2,1-2H3/p+1. The Hall–Kier alpha value is -1.72. The molecule has 0 atom stereocenters. The maximum atomic E-state index is 11.4. The molecule has 6 nitrogen and oxygen atoms in total. The Morgan fingerprint density at radius 1 is 1.47 bits per heavy atom. The monoisotopic (exact) mass is 210 g/mol. The van der Waals surface area contributed by atoms with Crippen molar-refractivity contribution in [2.24, 2.45) is 0 Å². The molecule has 1 fully saturated rings. The van der Waals surface area contributed by atoms with Crippen molar-refractivity contribution >= 4 is 17.6 Å². The Morgan fingerprint density at radius 2 is 2.13 bits per heavy atom. The summed E-state index contributed by atoms with van der Waals surface area (Å²) < 4.78 is 6.48. The van der Waals surface area contributed by atoms with Crippen LogP contribution in [-0.2, 0) is 4.79 Å². The van der Waals surface area contributed by atoms with Crippen LogP contribution in [0.5, 0.6) is 0 Å². The summed E-state index contributed by atoms with van der Waals surface area (Å²) in [6.45, 7) is 2.78. The summed E-state index contributed by atoms with van der Waals surface area (Å²) in [5, 5.41) is 6.21. The van der Waals surface area contributed by atoms with E-state index in [9.17, 15) is 9.59 Å². The number of Topliss-reactive ketones (excluding diaryl/α,β-unsaturated/α-hetero) is 1. The highest BCUT2D eigenvalue weighted by atomic mass is 16.5. The molecule has 0 aromatic carbocycles. The highest BCUT2D eigenvalue weighted by molar-refractivity contribution is 5.98. The second-order valence-corrected chi connectivity index (χ2v) is 3.66. The van der Waals surface area contributed by atoms with Crippen LogP contribution in [0.3, 0.4) is 0 Å². The van der Waals surface area contributed by atoms with Crippen LogP contribution in [0.15, 0.2) is 4.52 Å². The molecule has 0 aliphatic heterocycles. The first kappa shape index (κ1) is 9.82. The third-order valence-corrected chi connectivity index (χ3v) is 2.18. The molecule has 1 aromatic rings. The predicted octanol–water partition coefficient (Wildman–Crippen LogP) is 0.458. The van der Waals surface area contributed by atoms with E-state index in [1.807, 2.05) is 0 Å². The molecule has 1 aliphatic rings. The second-order valence-electron chi connectivity index (χ2n) is 3.66. The number of hydrogen-bond donors (Lipinski definition) is 1. The van der Waals surface area contributed by atoms with Gasteiger partial charge in [-0.1, -0.05) is 0 Å². The van der Waals surface area contributed by atoms with Gasteiger partial charge in [0.25, 0.3) is 0 Å². The summed E-state index contributed by atoms with van der Waals surface area (Å²) >= 11 is 0. The van der Waals surface area contributed by atoms with Gasteiger partial charge in [0.2, 0.25) is 17.0 Å². The molecule has 1 amide bonds. The smallest absolute Gasteiger partial charge is 0.289 e. The van der Waals surface area contributed by atoms with E-state index in [0.29, 0.717) is 5.69 Å². The highest BCUT2D eigenvalue weighted by Crippen LogP contribution is 2.30. The zero-order valence-corrected chi connectivity index (χ0v) is 8.61. The van der Waals surface area contributed by atoms with Crippen LogP contribution < -0.4 is 10.00 Å². The van der Waals surface area contributed by atoms with Crippen molar-refractivity contribution in [1.29, 1.82) is 0 Å².